The number of nitrogens with one attached hydrogen (secondary N) is 1. The second kappa shape index (κ2) is 5.81. The molecule has 120 valence electrons. The number of ether oxygens (including phenoxy) is 2. The van der Waals surface area contributed by atoms with Crippen molar-refractivity contribution in [3.8, 4) is 11.5 Å². The van der Waals surface area contributed by atoms with E-state index < -0.39 is 0 Å². The zero-order chi connectivity index (χ0) is 16.5. The molecule has 24 heavy (non-hydrogen) atoms. The Morgan fingerprint density at radius 2 is 1.92 bits per heavy atom. The van der Waals surface area contributed by atoms with Gasteiger partial charge in [0.05, 0.1) is 23.3 Å². The van der Waals surface area contributed by atoms with E-state index in [1.165, 1.54) is 6.20 Å². The average Bonchev–Trinajstić information content (AvgIpc) is 3.08. The molecule has 0 saturated carbocycles. The number of aromatic nitrogens is 2. The number of carbonyl (C=O) groups excluding carboxylic acids is 1. The van der Waals surface area contributed by atoms with Gasteiger partial charge in [-0.05, 0) is 36.8 Å². The van der Waals surface area contributed by atoms with E-state index in [9.17, 15) is 4.79 Å². The zero-order valence-corrected chi connectivity index (χ0v) is 13.0. The lowest BCUT2D eigenvalue weighted by Gasteiger charge is -2.14. The quantitative estimate of drug-likeness (QED) is 0.803. The van der Waals surface area contributed by atoms with Crippen molar-refractivity contribution in [2.45, 2.75) is 13.0 Å². The minimum atomic E-state index is -0.265. The zero-order valence-electron chi connectivity index (χ0n) is 13.0. The first-order chi connectivity index (χ1) is 11.7. The van der Waals surface area contributed by atoms with E-state index in [0.717, 1.165) is 16.8 Å². The lowest BCUT2D eigenvalue weighted by Crippen LogP contribution is -2.27. The number of fused-ring (bicyclic) bond motifs is 2. The average molecular weight is 321 g/mol. The highest BCUT2D eigenvalue weighted by Gasteiger charge is 2.18. The lowest BCUT2D eigenvalue weighted by molar-refractivity contribution is 0.0934. The van der Waals surface area contributed by atoms with Crippen LogP contribution in [-0.4, -0.2) is 22.7 Å². The molecule has 1 amide bonds. The Hall–Kier alpha value is -3.15. The van der Waals surface area contributed by atoms with Crippen molar-refractivity contribution in [2.24, 2.45) is 0 Å². The number of para-hydroxylation sites is 2. The van der Waals surface area contributed by atoms with Crippen LogP contribution < -0.4 is 14.8 Å². The third-order valence-electron chi connectivity index (χ3n) is 3.93. The van der Waals surface area contributed by atoms with E-state index in [4.69, 9.17) is 9.47 Å². The number of rotatable bonds is 3. The van der Waals surface area contributed by atoms with Crippen LogP contribution in [0, 0.1) is 0 Å². The van der Waals surface area contributed by atoms with Crippen molar-refractivity contribution < 1.29 is 14.3 Å². The highest BCUT2D eigenvalue weighted by Crippen LogP contribution is 2.34. The first-order valence-electron chi connectivity index (χ1n) is 7.63. The predicted octanol–water partition coefficient (Wildman–Crippen LogP) is 2.85. The van der Waals surface area contributed by atoms with Crippen molar-refractivity contribution in [3.05, 3.63) is 59.9 Å². The normalized spacial score (nSPS) is 13.7. The molecule has 0 saturated heterocycles. The van der Waals surface area contributed by atoms with Crippen LogP contribution in [0.15, 0.2) is 48.7 Å². The summed E-state index contributed by atoms with van der Waals surface area (Å²) in [6, 6.07) is 12.9. The van der Waals surface area contributed by atoms with Crippen LogP contribution in [0.3, 0.4) is 0 Å². The summed E-state index contributed by atoms with van der Waals surface area (Å²) < 4.78 is 10.7. The number of hydrogen-bond acceptors (Lipinski definition) is 5. The molecule has 0 radical (unpaired) electrons. The number of carbonyl (C=O) groups is 1. The van der Waals surface area contributed by atoms with Crippen molar-refractivity contribution in [2.75, 3.05) is 6.79 Å². The fourth-order valence-corrected chi connectivity index (χ4v) is 2.60. The maximum Gasteiger partial charge on any atom is 0.271 e. The van der Waals surface area contributed by atoms with Crippen LogP contribution >= 0.6 is 0 Å². The lowest BCUT2D eigenvalue weighted by atomic mass is 10.1. The Bertz CT molecular complexity index is 926. The van der Waals surface area contributed by atoms with Crippen molar-refractivity contribution >= 4 is 16.9 Å². The summed E-state index contributed by atoms with van der Waals surface area (Å²) in [5.41, 5.74) is 2.68. The van der Waals surface area contributed by atoms with Gasteiger partial charge in [0.25, 0.3) is 5.91 Å². The Kier molecular flexibility index (Phi) is 3.49. The molecule has 0 bridgehead atoms. The fourth-order valence-electron chi connectivity index (χ4n) is 2.60. The minimum Gasteiger partial charge on any atom is -0.454 e. The maximum absolute atomic E-state index is 12.4. The second-order valence-electron chi connectivity index (χ2n) is 5.55. The highest BCUT2D eigenvalue weighted by molar-refractivity contribution is 5.94. The predicted molar refractivity (Wildman–Crippen MR) is 88.0 cm³/mol. The van der Waals surface area contributed by atoms with Gasteiger partial charge < -0.3 is 14.8 Å². The standard InChI is InChI=1S/C18H15N3O3/c1-11(12-6-7-16-17(8-12)24-10-23-16)20-18(22)15-9-19-13-4-2-3-5-14(13)21-15/h2-9,11H,10H2,1H3,(H,20,22)/t11-/m0/s1. The van der Waals surface area contributed by atoms with E-state index in [-0.39, 0.29) is 18.7 Å². The number of hydrogen-bond donors (Lipinski definition) is 1. The van der Waals surface area contributed by atoms with Crippen molar-refractivity contribution in [3.63, 3.8) is 0 Å². The summed E-state index contributed by atoms with van der Waals surface area (Å²) in [6.07, 6.45) is 1.49. The van der Waals surface area contributed by atoms with Crippen LogP contribution in [-0.2, 0) is 0 Å². The van der Waals surface area contributed by atoms with Gasteiger partial charge in [0.2, 0.25) is 6.79 Å². The first-order valence-corrected chi connectivity index (χ1v) is 7.63. The molecule has 0 fully saturated rings. The molecule has 1 aliphatic heterocycles. The van der Waals surface area contributed by atoms with E-state index in [1.807, 2.05) is 49.4 Å². The third-order valence-corrected chi connectivity index (χ3v) is 3.93. The number of benzene rings is 2. The molecule has 1 aromatic heterocycles. The van der Waals surface area contributed by atoms with Crippen LogP contribution in [0.25, 0.3) is 11.0 Å². The SMILES string of the molecule is C[C@H](NC(=O)c1cnc2ccccc2n1)c1ccc2c(c1)OCO2. The smallest absolute Gasteiger partial charge is 0.271 e. The molecular weight excluding hydrogens is 306 g/mol. The summed E-state index contributed by atoms with van der Waals surface area (Å²) >= 11 is 0. The van der Waals surface area contributed by atoms with Crippen LogP contribution in [0.2, 0.25) is 0 Å². The Morgan fingerprint density at radius 1 is 1.12 bits per heavy atom. The van der Waals surface area contributed by atoms with Gasteiger partial charge in [0.15, 0.2) is 11.5 Å². The van der Waals surface area contributed by atoms with Gasteiger partial charge in [-0.25, -0.2) is 4.98 Å². The van der Waals surface area contributed by atoms with Crippen LogP contribution in [0.4, 0.5) is 0 Å². The maximum atomic E-state index is 12.4. The molecule has 0 spiro atoms. The van der Waals surface area contributed by atoms with Crippen LogP contribution in [0.1, 0.15) is 29.0 Å². The van der Waals surface area contributed by atoms with Gasteiger partial charge in [-0.3, -0.25) is 9.78 Å². The molecule has 1 aliphatic rings. The van der Waals surface area contributed by atoms with E-state index in [0.29, 0.717) is 17.0 Å². The molecule has 0 unspecified atom stereocenters. The third kappa shape index (κ3) is 2.62. The largest absolute Gasteiger partial charge is 0.454 e. The van der Waals surface area contributed by atoms with E-state index in [1.54, 1.807) is 0 Å². The molecule has 1 atom stereocenters. The van der Waals surface area contributed by atoms with Crippen molar-refractivity contribution in [1.29, 1.82) is 0 Å². The molecule has 1 N–H and O–H groups in total. The Labute approximate surface area is 138 Å². The fraction of sp³-hybridized carbons (Fsp3) is 0.167. The topological polar surface area (TPSA) is 73.3 Å². The molecule has 0 aliphatic carbocycles. The number of amides is 1. The molecule has 2 aromatic carbocycles. The van der Waals surface area contributed by atoms with Crippen LogP contribution in [0.5, 0.6) is 11.5 Å². The minimum absolute atomic E-state index is 0.194. The van der Waals surface area contributed by atoms with Gasteiger partial charge in [0.1, 0.15) is 5.69 Å². The molecule has 6 nitrogen and oxygen atoms in total. The Balaban J connectivity index is 1.54. The van der Waals surface area contributed by atoms with Crippen molar-refractivity contribution in [1.82, 2.24) is 15.3 Å². The molecule has 4 rings (SSSR count). The summed E-state index contributed by atoms with van der Waals surface area (Å²) in [5, 5.41) is 2.93. The van der Waals surface area contributed by atoms with Gasteiger partial charge in [-0.1, -0.05) is 18.2 Å². The van der Waals surface area contributed by atoms with E-state index >= 15 is 0 Å². The molecule has 2 heterocycles. The van der Waals surface area contributed by atoms with Gasteiger partial charge in [-0.15, -0.1) is 0 Å². The monoisotopic (exact) mass is 321 g/mol. The summed E-state index contributed by atoms with van der Waals surface area (Å²) in [5.74, 6) is 1.15. The van der Waals surface area contributed by atoms with Gasteiger partial charge in [0, 0.05) is 0 Å². The van der Waals surface area contributed by atoms with E-state index in [2.05, 4.69) is 15.3 Å². The number of nitrogens with zero attached hydrogens (tertiary/aromatic N) is 2. The Morgan fingerprint density at radius 3 is 2.79 bits per heavy atom. The molecule has 6 heteroatoms. The summed E-state index contributed by atoms with van der Waals surface area (Å²) in [4.78, 5) is 21.1. The summed E-state index contributed by atoms with van der Waals surface area (Å²) in [6.45, 7) is 2.14. The summed E-state index contributed by atoms with van der Waals surface area (Å²) in [7, 11) is 0. The van der Waals surface area contributed by atoms with Gasteiger partial charge in [-0.2, -0.15) is 0 Å². The highest BCUT2D eigenvalue weighted by atomic mass is 16.7. The molecule has 3 aromatic rings. The first kappa shape index (κ1) is 14.4. The van der Waals surface area contributed by atoms with Gasteiger partial charge >= 0.3 is 0 Å². The second-order valence-corrected chi connectivity index (χ2v) is 5.55. The molecular formula is C18H15N3O3.